The Bertz CT molecular complexity index is 336. The van der Waals surface area contributed by atoms with Gasteiger partial charge in [0.25, 0.3) is 0 Å². The third-order valence-corrected chi connectivity index (χ3v) is 6.22. The Morgan fingerprint density at radius 2 is 1.76 bits per heavy atom. The maximum atomic E-state index is 3.85. The van der Waals surface area contributed by atoms with Crippen molar-refractivity contribution in [3.8, 4) is 0 Å². The molecule has 0 aromatic rings. The quantitative estimate of drug-likeness (QED) is 0.781. The van der Waals surface area contributed by atoms with Gasteiger partial charge in [0.15, 0.2) is 0 Å². The van der Waals surface area contributed by atoms with Gasteiger partial charge in [-0.15, -0.1) is 0 Å². The fourth-order valence-corrected chi connectivity index (χ4v) is 4.97. The van der Waals surface area contributed by atoms with Gasteiger partial charge in [-0.05, 0) is 64.2 Å². The van der Waals surface area contributed by atoms with E-state index < -0.39 is 0 Å². The summed E-state index contributed by atoms with van der Waals surface area (Å²) >= 11 is 0. The number of nitrogens with zero attached hydrogens (tertiary/aromatic N) is 1. The molecular formula is C19H36N2. The van der Waals surface area contributed by atoms with Gasteiger partial charge in [-0.3, -0.25) is 4.90 Å². The third-order valence-electron chi connectivity index (χ3n) is 6.22. The maximum Gasteiger partial charge on any atom is 0.00988 e. The topological polar surface area (TPSA) is 15.3 Å². The van der Waals surface area contributed by atoms with Crippen molar-refractivity contribution in [3.05, 3.63) is 0 Å². The van der Waals surface area contributed by atoms with Crippen LogP contribution in [0.1, 0.15) is 78.6 Å². The highest BCUT2D eigenvalue weighted by atomic mass is 15.2. The molecule has 1 saturated heterocycles. The summed E-state index contributed by atoms with van der Waals surface area (Å²) in [7, 11) is 0. The summed E-state index contributed by atoms with van der Waals surface area (Å²) in [4.78, 5) is 2.88. The lowest BCUT2D eigenvalue weighted by Crippen LogP contribution is -2.50. The van der Waals surface area contributed by atoms with Gasteiger partial charge in [0.1, 0.15) is 0 Å². The molecule has 0 amide bonds. The van der Waals surface area contributed by atoms with Gasteiger partial charge >= 0.3 is 0 Å². The molecule has 1 heterocycles. The second-order valence-corrected chi connectivity index (χ2v) is 9.28. The largest absolute Gasteiger partial charge is 0.311 e. The van der Waals surface area contributed by atoms with Crippen LogP contribution in [-0.2, 0) is 0 Å². The molecule has 2 saturated carbocycles. The highest BCUT2D eigenvalue weighted by Gasteiger charge is 2.42. The molecule has 0 spiro atoms. The lowest BCUT2D eigenvalue weighted by Gasteiger charge is -2.41. The van der Waals surface area contributed by atoms with Crippen molar-refractivity contribution in [1.29, 1.82) is 0 Å². The van der Waals surface area contributed by atoms with E-state index in [-0.39, 0.29) is 5.54 Å². The highest BCUT2D eigenvalue weighted by molar-refractivity contribution is 4.97. The van der Waals surface area contributed by atoms with Crippen molar-refractivity contribution >= 4 is 0 Å². The number of likely N-dealkylation sites (tertiary alicyclic amines) is 1. The Hall–Kier alpha value is -0.0800. The average Bonchev–Trinajstić information content (AvgIpc) is 2.94. The van der Waals surface area contributed by atoms with Crippen LogP contribution in [0.4, 0.5) is 0 Å². The third kappa shape index (κ3) is 4.01. The minimum atomic E-state index is 0.253. The van der Waals surface area contributed by atoms with E-state index >= 15 is 0 Å². The number of nitrogens with one attached hydrogen (secondary N) is 1. The molecule has 2 aliphatic carbocycles. The molecule has 0 radical (unpaired) electrons. The number of hydrogen-bond acceptors (Lipinski definition) is 2. The van der Waals surface area contributed by atoms with Gasteiger partial charge in [0.05, 0.1) is 0 Å². The molecule has 2 bridgehead atoms. The summed E-state index contributed by atoms with van der Waals surface area (Å²) < 4.78 is 0. The number of rotatable bonds is 4. The van der Waals surface area contributed by atoms with Crippen LogP contribution in [0.25, 0.3) is 0 Å². The fraction of sp³-hybridized carbons (Fsp3) is 1.00. The molecule has 2 heteroatoms. The molecule has 3 fully saturated rings. The van der Waals surface area contributed by atoms with E-state index in [4.69, 9.17) is 0 Å². The van der Waals surface area contributed by atoms with Crippen molar-refractivity contribution in [3.63, 3.8) is 0 Å². The Balaban J connectivity index is 1.66. The zero-order chi connectivity index (χ0) is 14.9. The Morgan fingerprint density at radius 3 is 2.29 bits per heavy atom. The van der Waals surface area contributed by atoms with Crippen LogP contribution in [-0.4, -0.2) is 36.1 Å². The van der Waals surface area contributed by atoms with Gasteiger partial charge in [-0.1, -0.05) is 25.7 Å². The standard InChI is InChI=1S/C19H36N2/c1-18(2,3)20-14-19(10-6-4-5-7-11-19)15-21-13-16-8-9-17(21)12-16/h16-17,20H,4-15H2,1-3H3. The molecule has 21 heavy (non-hydrogen) atoms. The van der Waals surface area contributed by atoms with Crippen molar-refractivity contribution in [2.75, 3.05) is 19.6 Å². The van der Waals surface area contributed by atoms with Crippen molar-refractivity contribution in [2.45, 2.75) is 90.1 Å². The number of piperidine rings is 1. The summed E-state index contributed by atoms with van der Waals surface area (Å²) in [5.74, 6) is 1.04. The predicted octanol–water partition coefficient (Wildman–Crippen LogP) is 4.20. The van der Waals surface area contributed by atoms with E-state index in [2.05, 4.69) is 31.0 Å². The minimum Gasteiger partial charge on any atom is -0.311 e. The maximum absolute atomic E-state index is 3.85. The monoisotopic (exact) mass is 292 g/mol. The van der Waals surface area contributed by atoms with Gasteiger partial charge in [0, 0.05) is 31.2 Å². The second kappa shape index (κ2) is 6.20. The van der Waals surface area contributed by atoms with E-state index in [1.165, 1.54) is 77.4 Å². The van der Waals surface area contributed by atoms with Gasteiger partial charge in [-0.2, -0.15) is 0 Å². The minimum absolute atomic E-state index is 0.253. The zero-order valence-corrected chi connectivity index (χ0v) is 14.6. The van der Waals surface area contributed by atoms with E-state index in [1.54, 1.807) is 0 Å². The van der Waals surface area contributed by atoms with Crippen LogP contribution >= 0.6 is 0 Å². The highest BCUT2D eigenvalue weighted by Crippen LogP contribution is 2.42. The first-order valence-electron chi connectivity index (χ1n) is 9.45. The number of fused-ring (bicyclic) bond motifs is 2. The molecule has 0 aromatic heterocycles. The summed E-state index contributed by atoms with van der Waals surface area (Å²) in [5.41, 5.74) is 0.803. The Morgan fingerprint density at radius 1 is 1.05 bits per heavy atom. The molecule has 2 unspecified atom stereocenters. The number of hydrogen-bond donors (Lipinski definition) is 1. The van der Waals surface area contributed by atoms with Crippen LogP contribution in [0.2, 0.25) is 0 Å². The first-order valence-corrected chi connectivity index (χ1v) is 9.45. The Kier molecular flexibility index (Phi) is 4.66. The summed E-state index contributed by atoms with van der Waals surface area (Å²) in [6.07, 6.45) is 13.2. The molecule has 1 N–H and O–H groups in total. The van der Waals surface area contributed by atoms with Crippen LogP contribution in [0.3, 0.4) is 0 Å². The van der Waals surface area contributed by atoms with Crippen molar-refractivity contribution in [1.82, 2.24) is 10.2 Å². The van der Waals surface area contributed by atoms with Crippen molar-refractivity contribution < 1.29 is 0 Å². The van der Waals surface area contributed by atoms with Crippen LogP contribution in [0, 0.1) is 11.3 Å². The first-order chi connectivity index (χ1) is 9.96. The SMILES string of the molecule is CC(C)(C)NCC1(CN2CC3CCC2C3)CCCCCC1. The van der Waals surface area contributed by atoms with Crippen LogP contribution in [0.15, 0.2) is 0 Å². The van der Waals surface area contributed by atoms with Crippen molar-refractivity contribution in [2.24, 2.45) is 11.3 Å². The normalized spacial score (nSPS) is 33.3. The smallest absolute Gasteiger partial charge is 0.00988 e. The molecular weight excluding hydrogens is 256 g/mol. The Labute approximate surface area is 132 Å². The zero-order valence-electron chi connectivity index (χ0n) is 14.6. The van der Waals surface area contributed by atoms with E-state index in [9.17, 15) is 0 Å². The lowest BCUT2D eigenvalue weighted by molar-refractivity contribution is 0.0960. The summed E-state index contributed by atoms with van der Waals surface area (Å²) in [6.45, 7) is 10.9. The molecule has 3 aliphatic rings. The second-order valence-electron chi connectivity index (χ2n) is 9.28. The summed E-state index contributed by atoms with van der Waals surface area (Å²) in [5, 5.41) is 3.85. The molecule has 2 nitrogen and oxygen atoms in total. The first kappa shape index (κ1) is 15.8. The van der Waals surface area contributed by atoms with Gasteiger partial charge < -0.3 is 5.32 Å². The van der Waals surface area contributed by atoms with Gasteiger partial charge in [0.2, 0.25) is 0 Å². The molecule has 1 aliphatic heterocycles. The van der Waals surface area contributed by atoms with E-state index in [0.717, 1.165) is 12.0 Å². The molecule has 122 valence electrons. The van der Waals surface area contributed by atoms with Gasteiger partial charge in [-0.25, -0.2) is 0 Å². The van der Waals surface area contributed by atoms with E-state index in [1.807, 2.05) is 0 Å². The predicted molar refractivity (Wildman–Crippen MR) is 90.6 cm³/mol. The van der Waals surface area contributed by atoms with E-state index in [0.29, 0.717) is 5.41 Å². The van der Waals surface area contributed by atoms with Crippen LogP contribution < -0.4 is 5.32 Å². The molecule has 2 atom stereocenters. The lowest BCUT2D eigenvalue weighted by atomic mass is 9.78. The summed E-state index contributed by atoms with van der Waals surface area (Å²) in [6, 6.07) is 0.935. The fourth-order valence-electron chi connectivity index (χ4n) is 4.97. The average molecular weight is 293 g/mol. The molecule has 3 rings (SSSR count). The molecule has 0 aromatic carbocycles. The van der Waals surface area contributed by atoms with Crippen LogP contribution in [0.5, 0.6) is 0 Å².